The van der Waals surface area contributed by atoms with Gasteiger partial charge in [-0.05, 0) is 43.4 Å². The summed E-state index contributed by atoms with van der Waals surface area (Å²) in [5, 5.41) is 8.90. The van der Waals surface area contributed by atoms with E-state index in [4.69, 9.17) is 5.26 Å². The first-order valence-corrected chi connectivity index (χ1v) is 10.6. The Labute approximate surface area is 151 Å². The summed E-state index contributed by atoms with van der Waals surface area (Å²) in [5.41, 5.74) is -4.96. The van der Waals surface area contributed by atoms with Crippen LogP contribution in [-0.4, -0.2) is 22.3 Å². The van der Waals surface area contributed by atoms with Crippen LogP contribution in [0.4, 0.5) is 13.2 Å². The smallest absolute Gasteiger partial charge is 0.256 e. The molecule has 5 nitrogen and oxygen atoms in total. The van der Waals surface area contributed by atoms with Crippen LogP contribution in [0.15, 0.2) is 29.2 Å². The molecule has 0 aliphatic heterocycles. The second-order valence-electron chi connectivity index (χ2n) is 5.88. The molecule has 0 N–H and O–H groups in total. The van der Waals surface area contributed by atoms with Gasteiger partial charge in [0.05, 0.1) is 15.9 Å². The number of benzene rings is 1. The van der Waals surface area contributed by atoms with Gasteiger partial charge in [-0.15, -0.1) is 0 Å². The second kappa shape index (κ2) is 7.96. The summed E-state index contributed by atoms with van der Waals surface area (Å²) in [6.45, 7) is 4.07. The molecule has 1 aromatic carbocycles. The molecule has 0 amide bonds. The first kappa shape index (κ1) is 22.4. The number of hydrogen-bond acceptors (Lipinski definition) is 5. The van der Waals surface area contributed by atoms with Crippen LogP contribution in [-0.2, 0) is 19.7 Å². The van der Waals surface area contributed by atoms with E-state index in [-0.39, 0.29) is 11.8 Å². The van der Waals surface area contributed by atoms with Crippen LogP contribution in [0.3, 0.4) is 0 Å². The Morgan fingerprint density at radius 1 is 1.15 bits per heavy atom. The fourth-order valence-electron chi connectivity index (χ4n) is 2.41. The summed E-state index contributed by atoms with van der Waals surface area (Å²) < 4.78 is 83.4. The Balaban J connectivity index is 3.20. The lowest BCUT2D eigenvalue weighted by molar-refractivity contribution is -0.0430. The van der Waals surface area contributed by atoms with Gasteiger partial charge in [0.2, 0.25) is 0 Å². The van der Waals surface area contributed by atoms with Crippen molar-refractivity contribution in [2.75, 3.05) is 0 Å². The van der Waals surface area contributed by atoms with Crippen LogP contribution in [0, 0.1) is 21.8 Å². The molecule has 0 fully saturated rings. The summed E-state index contributed by atoms with van der Waals surface area (Å²) in [7, 11) is -10.7. The van der Waals surface area contributed by atoms with E-state index in [0.717, 1.165) is 17.7 Å². The molecule has 0 aromatic heterocycles. The van der Waals surface area contributed by atoms with Gasteiger partial charge in [0.25, 0.3) is 0 Å². The average molecular weight is 410 g/mol. The second-order valence-corrected chi connectivity index (χ2v) is 10.3. The van der Waals surface area contributed by atoms with Crippen molar-refractivity contribution in [1.82, 2.24) is 0 Å². The molecule has 2 atom stereocenters. The molecule has 146 valence electrons. The maximum absolute atomic E-state index is 12.6. The SMILES string of the molecule is CCC(CC(C)C#N)c1ccc(S(=O)(=O)[C-](C)S(=O)(=O)C(F)(F)F)cc1. The third kappa shape index (κ3) is 4.57. The van der Waals surface area contributed by atoms with Gasteiger partial charge < -0.3 is 0 Å². The van der Waals surface area contributed by atoms with Crippen molar-refractivity contribution < 1.29 is 30.0 Å². The minimum atomic E-state index is -5.94. The number of hydrogen-bond donors (Lipinski definition) is 0. The standard InChI is InChI=1S/C16H19F3NO4S2/c1-4-13(9-11(2)10-20)14-5-7-15(8-6-14)25(21,22)12(3)26(23,24)16(17,18)19/h5-8,11,13H,4,9H2,1-3H3/q-1. The molecule has 0 aliphatic rings. The van der Waals surface area contributed by atoms with Crippen LogP contribution in [0.5, 0.6) is 0 Å². The Bertz CT molecular complexity index is 870. The number of alkyl halides is 3. The maximum Gasteiger partial charge on any atom is 0.469 e. The van der Waals surface area contributed by atoms with Gasteiger partial charge in [0.1, 0.15) is 9.84 Å². The molecule has 1 rings (SSSR count). The van der Waals surface area contributed by atoms with Crippen molar-refractivity contribution in [3.8, 4) is 6.07 Å². The van der Waals surface area contributed by atoms with E-state index in [1.165, 1.54) is 12.1 Å². The lowest BCUT2D eigenvalue weighted by Crippen LogP contribution is -2.32. The van der Waals surface area contributed by atoms with E-state index in [2.05, 4.69) is 6.07 Å². The molecule has 0 saturated carbocycles. The van der Waals surface area contributed by atoms with Crippen molar-refractivity contribution in [2.24, 2.45) is 5.92 Å². The predicted octanol–water partition coefficient (Wildman–Crippen LogP) is 3.95. The average Bonchev–Trinajstić information content (AvgIpc) is 2.57. The van der Waals surface area contributed by atoms with Crippen molar-refractivity contribution >= 4 is 19.7 Å². The quantitative estimate of drug-likeness (QED) is 0.635. The zero-order chi connectivity index (χ0) is 20.3. The highest BCUT2D eigenvalue weighted by molar-refractivity contribution is 8.13. The number of nitrogens with zero attached hydrogens (tertiary/aromatic N) is 1. The Morgan fingerprint density at radius 2 is 1.65 bits per heavy atom. The molecule has 0 saturated heterocycles. The fourth-order valence-corrected chi connectivity index (χ4v) is 5.29. The molecule has 0 heterocycles. The Hall–Kier alpha value is -1.60. The molecule has 0 aliphatic carbocycles. The van der Waals surface area contributed by atoms with E-state index >= 15 is 0 Å². The normalized spacial score (nSPS) is 15.5. The zero-order valence-corrected chi connectivity index (χ0v) is 16.0. The highest BCUT2D eigenvalue weighted by Crippen LogP contribution is 2.37. The molecule has 0 bridgehead atoms. The summed E-state index contributed by atoms with van der Waals surface area (Å²) >= 11 is 0. The third-order valence-corrected chi connectivity index (χ3v) is 8.41. The molecule has 1 aromatic rings. The van der Waals surface area contributed by atoms with Crippen molar-refractivity contribution in [1.29, 1.82) is 5.26 Å². The Kier molecular flexibility index (Phi) is 6.87. The number of halogens is 3. The van der Waals surface area contributed by atoms with Gasteiger partial charge >= 0.3 is 5.51 Å². The minimum absolute atomic E-state index is 0.0228. The lowest BCUT2D eigenvalue weighted by Gasteiger charge is -2.27. The van der Waals surface area contributed by atoms with E-state index in [0.29, 0.717) is 19.8 Å². The van der Waals surface area contributed by atoms with Crippen molar-refractivity contribution in [3.63, 3.8) is 0 Å². The van der Waals surface area contributed by atoms with Crippen molar-refractivity contribution in [2.45, 2.75) is 49.9 Å². The van der Waals surface area contributed by atoms with Gasteiger partial charge in [-0.3, -0.25) is 16.8 Å². The summed E-state index contributed by atoms with van der Waals surface area (Å²) in [6.07, 6.45) is 1.23. The minimum Gasteiger partial charge on any atom is -0.256 e. The van der Waals surface area contributed by atoms with Gasteiger partial charge in [-0.25, -0.2) is 0 Å². The topological polar surface area (TPSA) is 92.1 Å². The number of sulfone groups is 2. The Morgan fingerprint density at radius 3 is 2.04 bits per heavy atom. The van der Waals surface area contributed by atoms with Gasteiger partial charge in [0.15, 0.2) is 0 Å². The van der Waals surface area contributed by atoms with E-state index in [1.807, 2.05) is 6.92 Å². The molecular formula is C16H19F3NO4S2-. The van der Waals surface area contributed by atoms with Crippen molar-refractivity contribution in [3.05, 3.63) is 34.4 Å². The number of rotatable bonds is 7. The summed E-state index contributed by atoms with van der Waals surface area (Å²) in [4.78, 5) is -0.533. The van der Waals surface area contributed by atoms with E-state index in [1.54, 1.807) is 6.92 Å². The highest BCUT2D eigenvalue weighted by Gasteiger charge is 2.45. The molecule has 0 spiro atoms. The monoisotopic (exact) mass is 410 g/mol. The molecule has 26 heavy (non-hydrogen) atoms. The number of nitriles is 1. The third-order valence-electron chi connectivity index (χ3n) is 4.07. The molecule has 2 unspecified atom stereocenters. The highest BCUT2D eigenvalue weighted by atomic mass is 32.3. The van der Waals surface area contributed by atoms with Crippen LogP contribution in [0.25, 0.3) is 0 Å². The molecular weight excluding hydrogens is 391 g/mol. The van der Waals surface area contributed by atoms with E-state index < -0.39 is 34.7 Å². The van der Waals surface area contributed by atoms with Crippen LogP contribution >= 0.6 is 0 Å². The van der Waals surface area contributed by atoms with Crippen LogP contribution in [0.2, 0.25) is 0 Å². The molecule has 10 heteroatoms. The summed E-state index contributed by atoms with van der Waals surface area (Å²) in [6, 6.07) is 7.13. The first-order valence-electron chi connectivity index (χ1n) is 7.68. The first-order chi connectivity index (χ1) is 11.8. The van der Waals surface area contributed by atoms with Gasteiger partial charge in [-0.1, -0.05) is 23.6 Å². The maximum atomic E-state index is 12.6. The summed E-state index contributed by atoms with van der Waals surface area (Å²) in [5.74, 6) is -0.235. The lowest BCUT2D eigenvalue weighted by atomic mass is 9.88. The van der Waals surface area contributed by atoms with Gasteiger partial charge in [0, 0.05) is 10.8 Å². The largest absolute Gasteiger partial charge is 0.469 e. The predicted molar refractivity (Wildman–Crippen MR) is 89.9 cm³/mol. The van der Waals surface area contributed by atoms with E-state index in [9.17, 15) is 30.0 Å². The zero-order valence-electron chi connectivity index (χ0n) is 14.4. The van der Waals surface area contributed by atoms with Crippen LogP contribution in [0.1, 0.15) is 45.1 Å². The van der Waals surface area contributed by atoms with Gasteiger partial charge in [-0.2, -0.15) is 25.4 Å². The molecule has 0 radical (unpaired) electrons. The van der Waals surface area contributed by atoms with Crippen LogP contribution < -0.4 is 0 Å². The fraction of sp³-hybridized carbons (Fsp3) is 0.500.